The predicted octanol–water partition coefficient (Wildman–Crippen LogP) is 4.09. The minimum absolute atomic E-state index is 0. The van der Waals surface area contributed by atoms with Crippen molar-refractivity contribution in [3.8, 4) is 5.75 Å². The van der Waals surface area contributed by atoms with E-state index in [1.165, 1.54) is 6.07 Å². The van der Waals surface area contributed by atoms with Crippen molar-refractivity contribution in [2.24, 2.45) is 4.99 Å². The van der Waals surface area contributed by atoms with Gasteiger partial charge in [0.2, 0.25) is 0 Å². The zero-order chi connectivity index (χ0) is 22.7. The van der Waals surface area contributed by atoms with E-state index in [0.717, 1.165) is 17.7 Å². The van der Waals surface area contributed by atoms with Gasteiger partial charge in [0.15, 0.2) is 12.6 Å². The van der Waals surface area contributed by atoms with E-state index in [0.29, 0.717) is 36.9 Å². The quantitative estimate of drug-likeness (QED) is 0.244. The third kappa shape index (κ3) is 9.75. The zero-order valence-electron chi connectivity index (χ0n) is 18.0. The fourth-order valence-electron chi connectivity index (χ4n) is 2.69. The maximum atomic E-state index is 12.9. The molecule has 0 aliphatic rings. The highest BCUT2D eigenvalue weighted by Gasteiger charge is 2.30. The van der Waals surface area contributed by atoms with Crippen LogP contribution in [0.15, 0.2) is 53.5 Å². The Morgan fingerprint density at radius 1 is 0.969 bits per heavy atom. The van der Waals surface area contributed by atoms with E-state index in [2.05, 4.69) is 20.9 Å². The zero-order valence-corrected chi connectivity index (χ0v) is 20.3. The highest BCUT2D eigenvalue weighted by molar-refractivity contribution is 14.0. The number of nitrogens with zero attached hydrogens (tertiary/aromatic N) is 1. The summed E-state index contributed by atoms with van der Waals surface area (Å²) in [6.07, 6.45) is -4.38. The second kappa shape index (κ2) is 13.8. The van der Waals surface area contributed by atoms with Crippen molar-refractivity contribution in [3.05, 3.63) is 65.2 Å². The average molecular weight is 564 g/mol. The van der Waals surface area contributed by atoms with E-state index in [1.807, 2.05) is 32.0 Å². The number of carbonyl (C=O) groups excluding carboxylic acids is 1. The first kappa shape index (κ1) is 27.5. The predicted molar refractivity (Wildman–Crippen MR) is 129 cm³/mol. The van der Waals surface area contributed by atoms with E-state index in [1.54, 1.807) is 12.1 Å². The van der Waals surface area contributed by atoms with Crippen molar-refractivity contribution in [1.29, 1.82) is 0 Å². The molecule has 6 nitrogen and oxygen atoms in total. The van der Waals surface area contributed by atoms with Crippen molar-refractivity contribution in [2.45, 2.75) is 33.1 Å². The van der Waals surface area contributed by atoms with Gasteiger partial charge >= 0.3 is 6.18 Å². The highest BCUT2D eigenvalue weighted by Crippen LogP contribution is 2.29. The van der Waals surface area contributed by atoms with Crippen LogP contribution in [0.25, 0.3) is 0 Å². The van der Waals surface area contributed by atoms with Gasteiger partial charge in [-0.3, -0.25) is 4.79 Å². The number of amides is 1. The molecule has 0 aromatic heterocycles. The summed E-state index contributed by atoms with van der Waals surface area (Å²) >= 11 is 0. The molecule has 32 heavy (non-hydrogen) atoms. The molecule has 0 aliphatic heterocycles. The van der Waals surface area contributed by atoms with Crippen LogP contribution in [0.1, 0.15) is 30.5 Å². The molecule has 2 aromatic carbocycles. The summed E-state index contributed by atoms with van der Waals surface area (Å²) in [5.74, 6) is 0.854. The van der Waals surface area contributed by atoms with E-state index in [-0.39, 0.29) is 43.0 Å². The van der Waals surface area contributed by atoms with E-state index in [4.69, 9.17) is 4.74 Å². The topological polar surface area (TPSA) is 74.8 Å². The van der Waals surface area contributed by atoms with Crippen LogP contribution in [-0.4, -0.2) is 31.6 Å². The number of alkyl halides is 3. The standard InChI is InChI=1S/C22H27F3N4O2.HI/c1-3-26-20(30)15-31-19-10-6-8-17(12-19)14-29-21(27-4-2)28-13-16-7-5-9-18(11-16)22(23,24)25;/h5-12H,3-4,13-15H2,1-2H3,(H,26,30)(H2,27,28,29);1H. The number of hydrogen-bond acceptors (Lipinski definition) is 3. The lowest BCUT2D eigenvalue weighted by Gasteiger charge is -2.13. The Morgan fingerprint density at radius 2 is 1.66 bits per heavy atom. The molecule has 0 aliphatic carbocycles. The lowest BCUT2D eigenvalue weighted by atomic mass is 10.1. The molecule has 0 atom stereocenters. The second-order valence-electron chi connectivity index (χ2n) is 6.64. The molecule has 10 heteroatoms. The first-order valence-corrected chi connectivity index (χ1v) is 9.98. The van der Waals surface area contributed by atoms with Crippen LogP contribution in [0.2, 0.25) is 0 Å². The third-order valence-electron chi connectivity index (χ3n) is 4.12. The molecular weight excluding hydrogens is 536 g/mol. The fourth-order valence-corrected chi connectivity index (χ4v) is 2.69. The van der Waals surface area contributed by atoms with Crippen molar-refractivity contribution >= 4 is 35.8 Å². The van der Waals surface area contributed by atoms with Crippen molar-refractivity contribution < 1.29 is 22.7 Å². The number of hydrogen-bond donors (Lipinski definition) is 3. The fraction of sp³-hybridized carbons (Fsp3) is 0.364. The molecule has 0 radical (unpaired) electrons. The number of nitrogens with one attached hydrogen (secondary N) is 3. The molecule has 2 rings (SSSR count). The molecule has 0 heterocycles. The lowest BCUT2D eigenvalue weighted by molar-refractivity contribution is -0.137. The van der Waals surface area contributed by atoms with Gasteiger partial charge in [0, 0.05) is 19.6 Å². The number of halogens is 4. The van der Waals surface area contributed by atoms with Gasteiger partial charge < -0.3 is 20.7 Å². The molecule has 0 saturated heterocycles. The van der Waals surface area contributed by atoms with Gasteiger partial charge in [-0.15, -0.1) is 24.0 Å². The van der Waals surface area contributed by atoms with Gasteiger partial charge in [0.25, 0.3) is 5.91 Å². The summed E-state index contributed by atoms with van der Waals surface area (Å²) < 4.78 is 44.1. The molecular formula is C22H28F3IN4O2. The summed E-state index contributed by atoms with van der Waals surface area (Å²) in [7, 11) is 0. The lowest BCUT2D eigenvalue weighted by Crippen LogP contribution is -2.36. The van der Waals surface area contributed by atoms with Crippen LogP contribution >= 0.6 is 24.0 Å². The van der Waals surface area contributed by atoms with Crippen LogP contribution in [0.4, 0.5) is 13.2 Å². The summed E-state index contributed by atoms with van der Waals surface area (Å²) in [6.45, 7) is 5.34. The van der Waals surface area contributed by atoms with Crippen LogP contribution in [0, 0.1) is 0 Å². The maximum Gasteiger partial charge on any atom is 0.416 e. The van der Waals surface area contributed by atoms with Gasteiger partial charge in [-0.25, -0.2) is 4.99 Å². The maximum absolute atomic E-state index is 12.9. The normalized spacial score (nSPS) is 11.3. The molecule has 0 bridgehead atoms. The van der Waals surface area contributed by atoms with E-state index in [9.17, 15) is 18.0 Å². The van der Waals surface area contributed by atoms with Crippen molar-refractivity contribution in [1.82, 2.24) is 16.0 Å². The van der Waals surface area contributed by atoms with Gasteiger partial charge in [-0.05, 0) is 49.2 Å². The van der Waals surface area contributed by atoms with Crippen molar-refractivity contribution in [2.75, 3.05) is 19.7 Å². The SMILES string of the molecule is CCNC(=O)COc1cccc(CNC(=NCc2cccc(C(F)(F)F)c2)NCC)c1.I. The van der Waals surface area contributed by atoms with Crippen LogP contribution in [0.5, 0.6) is 5.75 Å². The van der Waals surface area contributed by atoms with Crippen LogP contribution in [-0.2, 0) is 24.1 Å². The van der Waals surface area contributed by atoms with E-state index < -0.39 is 11.7 Å². The molecule has 0 unspecified atom stereocenters. The Hall–Kier alpha value is -2.50. The molecule has 3 N–H and O–H groups in total. The molecule has 0 saturated carbocycles. The summed E-state index contributed by atoms with van der Waals surface area (Å²) in [5, 5.41) is 8.88. The monoisotopic (exact) mass is 564 g/mol. The Bertz CT molecular complexity index is 891. The summed E-state index contributed by atoms with van der Waals surface area (Å²) in [6, 6.07) is 12.4. The Kier molecular flexibility index (Phi) is 11.9. The van der Waals surface area contributed by atoms with E-state index >= 15 is 0 Å². The summed E-state index contributed by atoms with van der Waals surface area (Å²) in [5.41, 5.74) is 0.674. The largest absolute Gasteiger partial charge is 0.484 e. The number of likely N-dealkylation sites (N-methyl/N-ethyl adjacent to an activating group) is 1. The first-order valence-electron chi connectivity index (χ1n) is 9.98. The highest BCUT2D eigenvalue weighted by atomic mass is 127. The van der Waals surface area contributed by atoms with Crippen LogP contribution in [0.3, 0.4) is 0 Å². The smallest absolute Gasteiger partial charge is 0.416 e. The number of ether oxygens (including phenoxy) is 1. The Morgan fingerprint density at radius 3 is 2.34 bits per heavy atom. The molecule has 0 spiro atoms. The number of rotatable bonds is 9. The van der Waals surface area contributed by atoms with Gasteiger partial charge in [-0.2, -0.15) is 13.2 Å². The van der Waals surface area contributed by atoms with Crippen molar-refractivity contribution in [3.63, 3.8) is 0 Å². The molecule has 2 aromatic rings. The Labute approximate surface area is 203 Å². The van der Waals surface area contributed by atoms with Gasteiger partial charge in [-0.1, -0.05) is 24.3 Å². The third-order valence-corrected chi connectivity index (χ3v) is 4.12. The first-order chi connectivity index (χ1) is 14.8. The van der Waals surface area contributed by atoms with Gasteiger partial charge in [0.05, 0.1) is 12.1 Å². The molecule has 0 fully saturated rings. The summed E-state index contributed by atoms with van der Waals surface area (Å²) in [4.78, 5) is 15.9. The Balaban J connectivity index is 0.00000512. The molecule has 176 valence electrons. The number of aliphatic imine (C=N–C) groups is 1. The van der Waals surface area contributed by atoms with Crippen LogP contribution < -0.4 is 20.7 Å². The van der Waals surface area contributed by atoms with Gasteiger partial charge in [0.1, 0.15) is 5.75 Å². The minimum atomic E-state index is -4.38. The number of benzene rings is 2. The average Bonchev–Trinajstić information content (AvgIpc) is 2.74. The number of guanidine groups is 1. The number of carbonyl (C=O) groups is 1. The molecule has 1 amide bonds. The second-order valence-corrected chi connectivity index (χ2v) is 6.64. The minimum Gasteiger partial charge on any atom is -0.484 e.